The van der Waals surface area contributed by atoms with Crippen LogP contribution in [-0.4, -0.2) is 30.3 Å². The van der Waals surface area contributed by atoms with Crippen molar-refractivity contribution in [2.24, 2.45) is 23.7 Å². The highest BCUT2D eigenvalue weighted by molar-refractivity contribution is 9.10. The number of hydrogen-bond donors (Lipinski definition) is 1. The maximum absolute atomic E-state index is 13.5. The Morgan fingerprint density at radius 2 is 1.62 bits per heavy atom. The quantitative estimate of drug-likeness (QED) is 0.285. The van der Waals surface area contributed by atoms with Crippen LogP contribution in [0.3, 0.4) is 0 Å². The number of nitrogens with one attached hydrogen (secondary N) is 1. The van der Waals surface area contributed by atoms with Gasteiger partial charge in [0.2, 0.25) is 11.8 Å². The molecule has 7 nitrogen and oxygen atoms in total. The topological polar surface area (TPSA) is 92.8 Å². The Morgan fingerprint density at radius 3 is 2.35 bits per heavy atom. The predicted octanol–water partition coefficient (Wildman–Crippen LogP) is 5.79. The normalized spacial score (nSPS) is 24.8. The molecule has 5 atom stereocenters. The summed E-state index contributed by atoms with van der Waals surface area (Å²) in [6, 6.07) is 20.3. The van der Waals surface area contributed by atoms with Crippen molar-refractivity contribution in [3.63, 3.8) is 0 Å². The first-order chi connectivity index (χ1) is 19.2. The lowest BCUT2D eigenvalue weighted by molar-refractivity contribution is -0.123. The number of benzene rings is 3. The molecule has 0 radical (unpaired) electrons. The maximum Gasteiger partial charge on any atom is 0.338 e. The molecule has 3 aromatic carbocycles. The van der Waals surface area contributed by atoms with Gasteiger partial charge in [0.25, 0.3) is 5.91 Å². The van der Waals surface area contributed by atoms with E-state index in [0.717, 1.165) is 28.4 Å². The van der Waals surface area contributed by atoms with E-state index < -0.39 is 18.5 Å². The van der Waals surface area contributed by atoms with Crippen molar-refractivity contribution in [1.82, 2.24) is 0 Å². The molecule has 2 aliphatic carbocycles. The lowest BCUT2D eigenvalue weighted by Gasteiger charge is -2.28. The van der Waals surface area contributed by atoms with E-state index in [2.05, 4.69) is 33.4 Å². The minimum absolute atomic E-state index is 0.139. The van der Waals surface area contributed by atoms with Crippen LogP contribution in [-0.2, 0) is 19.1 Å². The van der Waals surface area contributed by atoms with Crippen molar-refractivity contribution in [2.75, 3.05) is 16.8 Å². The maximum atomic E-state index is 13.5. The summed E-state index contributed by atoms with van der Waals surface area (Å²) in [5.41, 5.74) is 4.43. The molecule has 3 aromatic rings. The minimum Gasteiger partial charge on any atom is -0.452 e. The molecule has 40 heavy (non-hydrogen) atoms. The Labute approximate surface area is 241 Å². The molecule has 3 aliphatic rings. The molecule has 2 bridgehead atoms. The van der Waals surface area contributed by atoms with Gasteiger partial charge in [-0.05, 0) is 97.5 Å². The molecule has 0 unspecified atom stereocenters. The van der Waals surface area contributed by atoms with Crippen LogP contribution in [0, 0.1) is 37.5 Å². The average Bonchev–Trinajstić information content (AvgIpc) is 3.62. The number of aryl methyl sites for hydroxylation is 2. The van der Waals surface area contributed by atoms with Gasteiger partial charge >= 0.3 is 5.97 Å². The molecule has 1 heterocycles. The van der Waals surface area contributed by atoms with E-state index in [-0.39, 0.29) is 41.0 Å². The Kier molecular flexibility index (Phi) is 6.82. The number of halogens is 1. The standard InChI is InChI=1S/C32H29BrN2O5/c1-17-13-26(18(2)12-25(17)33)34-27(36)16-40-32(39)20-8-10-22(11-9-20)35-30(37)28-21-14-23(19-6-4-3-5-7-19)24(15-21)29(28)31(35)38/h3-13,21,23-24,28-29H,14-16H2,1-2H3,(H,34,36)/t21-,23-,24+,28+,29-/m0/s1. The first kappa shape index (κ1) is 26.4. The summed E-state index contributed by atoms with van der Waals surface area (Å²) in [6.07, 6.45) is 1.85. The van der Waals surface area contributed by atoms with Crippen LogP contribution >= 0.6 is 15.9 Å². The number of rotatable bonds is 6. The molecule has 0 spiro atoms. The van der Waals surface area contributed by atoms with Gasteiger partial charge in [0.1, 0.15) is 0 Å². The number of nitrogens with zero attached hydrogens (tertiary/aromatic N) is 1. The number of amides is 3. The van der Waals surface area contributed by atoms with Gasteiger partial charge in [-0.25, -0.2) is 4.79 Å². The summed E-state index contributed by atoms with van der Waals surface area (Å²) in [4.78, 5) is 53.2. The fraction of sp³-hybridized carbons (Fsp3) is 0.312. The number of ether oxygens (including phenoxy) is 1. The predicted molar refractivity (Wildman–Crippen MR) is 154 cm³/mol. The van der Waals surface area contributed by atoms with Gasteiger partial charge < -0.3 is 10.1 Å². The third kappa shape index (κ3) is 4.54. The van der Waals surface area contributed by atoms with Gasteiger partial charge in [-0.15, -0.1) is 0 Å². The number of imide groups is 1. The summed E-state index contributed by atoms with van der Waals surface area (Å²) in [7, 11) is 0. The summed E-state index contributed by atoms with van der Waals surface area (Å²) in [6.45, 7) is 3.36. The molecule has 3 fully saturated rings. The van der Waals surface area contributed by atoms with E-state index in [4.69, 9.17) is 4.74 Å². The molecule has 204 valence electrons. The van der Waals surface area contributed by atoms with Crippen LogP contribution in [0.4, 0.5) is 11.4 Å². The lowest BCUT2D eigenvalue weighted by Crippen LogP contribution is -2.33. The molecule has 6 rings (SSSR count). The van der Waals surface area contributed by atoms with E-state index in [1.165, 1.54) is 22.6 Å². The summed E-state index contributed by atoms with van der Waals surface area (Å²) < 4.78 is 6.15. The number of esters is 1. The van der Waals surface area contributed by atoms with Crippen LogP contribution in [0.5, 0.6) is 0 Å². The van der Waals surface area contributed by atoms with Crippen LogP contribution < -0.4 is 10.2 Å². The average molecular weight is 601 g/mol. The Hall–Kier alpha value is -3.78. The Balaban J connectivity index is 1.09. The van der Waals surface area contributed by atoms with E-state index in [1.807, 2.05) is 44.2 Å². The number of anilines is 2. The molecule has 2 saturated carbocycles. The zero-order valence-corrected chi connectivity index (χ0v) is 23.8. The zero-order valence-electron chi connectivity index (χ0n) is 22.2. The van der Waals surface area contributed by atoms with Crippen molar-refractivity contribution >= 4 is 51.0 Å². The molecule has 1 N–H and O–H groups in total. The second kappa shape index (κ2) is 10.3. The highest BCUT2D eigenvalue weighted by Gasteiger charge is 2.64. The monoisotopic (exact) mass is 600 g/mol. The smallest absolute Gasteiger partial charge is 0.338 e. The Morgan fingerprint density at radius 1 is 0.925 bits per heavy atom. The van der Waals surface area contributed by atoms with E-state index in [9.17, 15) is 19.2 Å². The van der Waals surface area contributed by atoms with Crippen LogP contribution in [0.2, 0.25) is 0 Å². The summed E-state index contributed by atoms with van der Waals surface area (Å²) in [5.74, 6) is -1.26. The van der Waals surface area contributed by atoms with E-state index >= 15 is 0 Å². The largest absolute Gasteiger partial charge is 0.452 e. The van der Waals surface area contributed by atoms with Gasteiger partial charge in [0, 0.05) is 10.2 Å². The van der Waals surface area contributed by atoms with E-state index in [0.29, 0.717) is 17.3 Å². The molecule has 3 amide bonds. The molecular formula is C32H29BrN2O5. The highest BCUT2D eigenvalue weighted by atomic mass is 79.9. The third-order valence-electron chi connectivity index (χ3n) is 8.72. The fourth-order valence-electron chi connectivity index (χ4n) is 6.86. The summed E-state index contributed by atoms with van der Waals surface area (Å²) >= 11 is 3.46. The van der Waals surface area contributed by atoms with Crippen molar-refractivity contribution < 1.29 is 23.9 Å². The van der Waals surface area contributed by atoms with Crippen molar-refractivity contribution in [3.05, 3.63) is 93.5 Å². The van der Waals surface area contributed by atoms with Crippen LogP contribution in [0.1, 0.15) is 45.8 Å². The van der Waals surface area contributed by atoms with E-state index in [1.54, 1.807) is 12.1 Å². The SMILES string of the molecule is Cc1cc(NC(=O)COC(=O)c2ccc(N3C(=O)[C@@H]4[C@@H]5C[C@@H]([C@@H]4C3=O)[C@H](c3ccccc3)C5)cc2)c(C)cc1Br. The fourth-order valence-corrected chi connectivity index (χ4v) is 7.32. The molecule has 8 heteroatoms. The van der Waals surface area contributed by atoms with Crippen molar-refractivity contribution in [2.45, 2.75) is 32.6 Å². The van der Waals surface area contributed by atoms with Crippen LogP contribution in [0.25, 0.3) is 0 Å². The lowest BCUT2D eigenvalue weighted by atomic mass is 9.73. The second-order valence-electron chi connectivity index (χ2n) is 11.1. The number of hydrogen-bond acceptors (Lipinski definition) is 5. The number of carbonyl (C=O) groups excluding carboxylic acids is 4. The first-order valence-electron chi connectivity index (χ1n) is 13.5. The van der Waals surface area contributed by atoms with Gasteiger partial charge in [-0.3, -0.25) is 19.3 Å². The number of carbonyl (C=O) groups is 4. The third-order valence-corrected chi connectivity index (χ3v) is 9.57. The zero-order chi connectivity index (χ0) is 28.1. The van der Waals surface area contributed by atoms with Gasteiger partial charge in [0.15, 0.2) is 6.61 Å². The first-order valence-corrected chi connectivity index (χ1v) is 14.3. The number of fused-ring (bicyclic) bond motifs is 5. The minimum atomic E-state index is -0.662. The molecule has 1 aliphatic heterocycles. The highest BCUT2D eigenvalue weighted by Crippen LogP contribution is 2.61. The molecule has 1 saturated heterocycles. The van der Waals surface area contributed by atoms with Gasteiger partial charge in [-0.1, -0.05) is 46.3 Å². The molecule has 0 aromatic heterocycles. The van der Waals surface area contributed by atoms with Crippen molar-refractivity contribution in [1.29, 1.82) is 0 Å². The molecular weight excluding hydrogens is 572 g/mol. The second-order valence-corrected chi connectivity index (χ2v) is 11.9. The van der Waals surface area contributed by atoms with Crippen molar-refractivity contribution in [3.8, 4) is 0 Å². The Bertz CT molecular complexity index is 1520. The van der Waals surface area contributed by atoms with Crippen LogP contribution in [0.15, 0.2) is 71.2 Å². The summed E-state index contributed by atoms with van der Waals surface area (Å²) in [5, 5.41) is 2.77. The van der Waals surface area contributed by atoms with Gasteiger partial charge in [-0.2, -0.15) is 0 Å². The van der Waals surface area contributed by atoms with Gasteiger partial charge in [0.05, 0.1) is 23.1 Å².